The van der Waals surface area contributed by atoms with Crippen molar-refractivity contribution < 1.29 is 18.8 Å². The molecule has 1 aliphatic rings. The van der Waals surface area contributed by atoms with Gasteiger partial charge in [-0.1, -0.05) is 29.5 Å². The van der Waals surface area contributed by atoms with Crippen LogP contribution >= 0.6 is 11.3 Å². The number of benzene rings is 2. The number of aromatic nitrogens is 1. The van der Waals surface area contributed by atoms with Crippen LogP contribution in [0, 0.1) is 12.7 Å². The van der Waals surface area contributed by atoms with Crippen molar-refractivity contribution in [2.45, 2.75) is 13.3 Å². The van der Waals surface area contributed by atoms with Crippen molar-refractivity contribution in [3.05, 3.63) is 53.8 Å². The monoisotopic (exact) mass is 369 g/mol. The predicted molar refractivity (Wildman–Crippen MR) is 95.7 cm³/mol. The zero-order chi connectivity index (χ0) is 18.4. The van der Waals surface area contributed by atoms with E-state index in [4.69, 9.17) is 0 Å². The van der Waals surface area contributed by atoms with Crippen LogP contribution in [-0.2, 0) is 9.59 Å². The van der Waals surface area contributed by atoms with Gasteiger partial charge in [0.05, 0.1) is 15.9 Å². The number of carbonyl (C=O) groups excluding carboxylic acids is 3. The number of urea groups is 1. The van der Waals surface area contributed by atoms with Gasteiger partial charge in [0.2, 0.25) is 16.9 Å². The van der Waals surface area contributed by atoms with E-state index in [2.05, 4.69) is 4.98 Å². The number of anilines is 2. The molecular weight excluding hydrogens is 357 g/mol. The van der Waals surface area contributed by atoms with E-state index in [-0.39, 0.29) is 5.13 Å². The third-order valence-corrected chi connectivity index (χ3v) is 5.07. The molecule has 130 valence electrons. The average molecular weight is 369 g/mol. The highest BCUT2D eigenvalue weighted by Crippen LogP contribution is 2.33. The number of carbonyl (C=O) groups is 3. The Morgan fingerprint density at radius 1 is 1.04 bits per heavy atom. The number of amides is 4. The molecule has 3 aromatic rings. The molecule has 26 heavy (non-hydrogen) atoms. The molecule has 8 heteroatoms. The largest absolute Gasteiger partial charge is 0.344 e. The molecule has 0 unspecified atom stereocenters. The number of barbiturate groups is 1. The first-order valence-electron chi connectivity index (χ1n) is 7.77. The van der Waals surface area contributed by atoms with Crippen molar-refractivity contribution in [2.75, 3.05) is 9.80 Å². The highest BCUT2D eigenvalue weighted by Gasteiger charge is 2.41. The first-order valence-corrected chi connectivity index (χ1v) is 8.59. The Morgan fingerprint density at radius 3 is 2.54 bits per heavy atom. The number of hydrogen-bond acceptors (Lipinski definition) is 5. The number of aryl methyl sites for hydroxylation is 1. The van der Waals surface area contributed by atoms with Crippen molar-refractivity contribution in [3.8, 4) is 0 Å². The van der Waals surface area contributed by atoms with Gasteiger partial charge < -0.3 is 0 Å². The molecule has 0 radical (unpaired) electrons. The quantitative estimate of drug-likeness (QED) is 0.647. The lowest BCUT2D eigenvalue weighted by Crippen LogP contribution is -2.55. The molecular formula is C18H12FN3O3S. The van der Waals surface area contributed by atoms with Gasteiger partial charge in [0.25, 0.3) is 0 Å². The topological polar surface area (TPSA) is 70.6 Å². The van der Waals surface area contributed by atoms with Gasteiger partial charge in [0.1, 0.15) is 12.2 Å². The van der Waals surface area contributed by atoms with E-state index >= 15 is 0 Å². The van der Waals surface area contributed by atoms with Crippen molar-refractivity contribution in [1.29, 1.82) is 0 Å². The maximum Gasteiger partial charge on any atom is 0.344 e. The molecule has 0 N–H and O–H groups in total. The minimum absolute atomic E-state index is 0.117. The van der Waals surface area contributed by atoms with Gasteiger partial charge in [0, 0.05) is 0 Å². The van der Waals surface area contributed by atoms with E-state index in [1.807, 2.05) is 0 Å². The summed E-state index contributed by atoms with van der Waals surface area (Å²) in [4.78, 5) is 43.8. The van der Waals surface area contributed by atoms with Gasteiger partial charge >= 0.3 is 6.03 Å². The van der Waals surface area contributed by atoms with E-state index in [0.717, 1.165) is 26.7 Å². The van der Waals surface area contributed by atoms with Crippen LogP contribution in [0.25, 0.3) is 10.2 Å². The summed E-state index contributed by atoms with van der Waals surface area (Å²) in [5.41, 5.74) is 1.63. The number of para-hydroxylation sites is 1. The molecule has 1 fully saturated rings. The first kappa shape index (κ1) is 16.3. The fraction of sp³-hybridized carbons (Fsp3) is 0.111. The Hall–Kier alpha value is -3.13. The zero-order valence-electron chi connectivity index (χ0n) is 13.6. The molecule has 4 rings (SSSR count). The summed E-state index contributed by atoms with van der Waals surface area (Å²) in [6, 6.07) is 10.2. The Labute approximate surface area is 151 Å². The highest BCUT2D eigenvalue weighted by molar-refractivity contribution is 7.22. The third kappa shape index (κ3) is 2.55. The lowest BCUT2D eigenvalue weighted by molar-refractivity contribution is -0.126. The molecule has 1 aromatic heterocycles. The number of fused-ring (bicyclic) bond motifs is 1. The van der Waals surface area contributed by atoms with E-state index < -0.39 is 30.1 Å². The summed E-state index contributed by atoms with van der Waals surface area (Å²) in [7, 11) is 0. The molecule has 0 atom stereocenters. The standard InChI is InChI=1S/C18H12FN3O3S/c1-10-4-2-3-5-13(10)21-15(23)9-16(24)22(18(21)25)17-20-12-7-6-11(19)8-14(12)26-17/h2-8H,9H2,1H3. The normalized spacial score (nSPS) is 15.2. The second kappa shape index (κ2) is 5.99. The number of imide groups is 2. The van der Waals surface area contributed by atoms with Gasteiger partial charge in [-0.25, -0.2) is 24.0 Å². The van der Waals surface area contributed by atoms with Crippen LogP contribution in [-0.4, -0.2) is 22.8 Å². The van der Waals surface area contributed by atoms with Crippen molar-refractivity contribution in [2.24, 2.45) is 0 Å². The van der Waals surface area contributed by atoms with Gasteiger partial charge in [-0.05, 0) is 36.8 Å². The van der Waals surface area contributed by atoms with Gasteiger partial charge in [0.15, 0.2) is 0 Å². The number of rotatable bonds is 2. The van der Waals surface area contributed by atoms with Crippen LogP contribution in [0.5, 0.6) is 0 Å². The Kier molecular flexibility index (Phi) is 3.77. The van der Waals surface area contributed by atoms with Gasteiger partial charge in [-0.3, -0.25) is 9.59 Å². The van der Waals surface area contributed by atoms with E-state index in [1.165, 1.54) is 18.2 Å². The molecule has 2 heterocycles. The lowest BCUT2D eigenvalue weighted by Gasteiger charge is -2.31. The van der Waals surface area contributed by atoms with Crippen LogP contribution in [0.15, 0.2) is 42.5 Å². The molecule has 0 aliphatic carbocycles. The number of halogens is 1. The number of hydrogen-bond donors (Lipinski definition) is 0. The van der Waals surface area contributed by atoms with E-state index in [1.54, 1.807) is 31.2 Å². The minimum Gasteiger partial charge on any atom is -0.273 e. The van der Waals surface area contributed by atoms with Crippen molar-refractivity contribution >= 4 is 50.2 Å². The molecule has 0 saturated carbocycles. The van der Waals surface area contributed by atoms with Crippen molar-refractivity contribution in [3.63, 3.8) is 0 Å². The van der Waals surface area contributed by atoms with Gasteiger partial charge in [-0.2, -0.15) is 0 Å². The van der Waals surface area contributed by atoms with Crippen LogP contribution in [0.3, 0.4) is 0 Å². The second-order valence-electron chi connectivity index (χ2n) is 5.81. The fourth-order valence-electron chi connectivity index (χ4n) is 2.82. The van der Waals surface area contributed by atoms with E-state index in [9.17, 15) is 18.8 Å². The van der Waals surface area contributed by atoms with Crippen LogP contribution < -0.4 is 9.80 Å². The molecule has 2 aromatic carbocycles. The van der Waals surface area contributed by atoms with Crippen LogP contribution in [0.2, 0.25) is 0 Å². The number of nitrogens with zero attached hydrogens (tertiary/aromatic N) is 3. The smallest absolute Gasteiger partial charge is 0.273 e. The SMILES string of the molecule is Cc1ccccc1N1C(=O)CC(=O)N(c2nc3ccc(F)cc3s2)C1=O. The summed E-state index contributed by atoms with van der Waals surface area (Å²) in [5.74, 6) is -1.66. The second-order valence-corrected chi connectivity index (χ2v) is 6.82. The Morgan fingerprint density at radius 2 is 1.77 bits per heavy atom. The maximum absolute atomic E-state index is 13.4. The summed E-state index contributed by atoms with van der Waals surface area (Å²) < 4.78 is 13.9. The zero-order valence-corrected chi connectivity index (χ0v) is 14.4. The predicted octanol–water partition coefficient (Wildman–Crippen LogP) is 3.63. The highest BCUT2D eigenvalue weighted by atomic mass is 32.1. The molecule has 0 bridgehead atoms. The molecule has 1 aliphatic heterocycles. The van der Waals surface area contributed by atoms with Crippen LogP contribution in [0.1, 0.15) is 12.0 Å². The molecule has 1 saturated heterocycles. The minimum atomic E-state index is -0.778. The molecule has 0 spiro atoms. The molecule has 4 amide bonds. The fourth-order valence-corrected chi connectivity index (χ4v) is 3.82. The Balaban J connectivity index is 1.80. The van der Waals surface area contributed by atoms with Crippen LogP contribution in [0.4, 0.5) is 20.0 Å². The van der Waals surface area contributed by atoms with Crippen molar-refractivity contribution in [1.82, 2.24) is 4.98 Å². The summed E-state index contributed by atoms with van der Waals surface area (Å²) >= 11 is 1.02. The van der Waals surface area contributed by atoms with Gasteiger partial charge in [-0.15, -0.1) is 0 Å². The third-order valence-electron chi connectivity index (χ3n) is 4.07. The van der Waals surface area contributed by atoms with E-state index in [0.29, 0.717) is 15.9 Å². The average Bonchev–Trinajstić information content (AvgIpc) is 2.98. The summed E-state index contributed by atoms with van der Waals surface area (Å²) in [5, 5.41) is 0.117. The first-order chi connectivity index (χ1) is 12.5. The summed E-state index contributed by atoms with van der Waals surface area (Å²) in [6.07, 6.45) is -0.440. The summed E-state index contributed by atoms with van der Waals surface area (Å²) in [6.45, 7) is 1.77. The Bertz CT molecular complexity index is 1080. The molecule has 6 nitrogen and oxygen atoms in total. The maximum atomic E-state index is 13.4. The number of thiazole rings is 1. The lowest BCUT2D eigenvalue weighted by atomic mass is 10.1.